The number of aromatic nitrogens is 1. The fraction of sp³-hybridized carbons (Fsp3) is 0.0476. The van der Waals surface area contributed by atoms with Crippen LogP contribution in [0.5, 0.6) is 0 Å². The van der Waals surface area contributed by atoms with Crippen LogP contribution in [0.15, 0.2) is 170 Å². The van der Waals surface area contributed by atoms with Gasteiger partial charge in [-0.05, 0) is 64.7 Å². The first-order valence-corrected chi connectivity index (χ1v) is 15.4. The predicted molar refractivity (Wildman–Crippen MR) is 185 cm³/mol. The Labute approximate surface area is 257 Å². The van der Waals surface area contributed by atoms with Crippen LogP contribution >= 0.6 is 0 Å². The second-order valence-electron chi connectivity index (χ2n) is 11.7. The minimum atomic E-state index is 0.213. The van der Waals surface area contributed by atoms with Crippen molar-refractivity contribution in [1.29, 1.82) is 0 Å². The van der Waals surface area contributed by atoms with Gasteiger partial charge in [-0.15, -0.1) is 0 Å². The molecule has 0 spiro atoms. The summed E-state index contributed by atoms with van der Waals surface area (Å²) in [5.74, 6) is 0.261. The first-order chi connectivity index (χ1) is 21.8. The average Bonchev–Trinajstić information content (AvgIpc) is 3.61. The van der Waals surface area contributed by atoms with Crippen molar-refractivity contribution in [3.63, 3.8) is 0 Å². The number of benzene rings is 6. The van der Waals surface area contributed by atoms with E-state index in [4.69, 9.17) is 0 Å². The summed E-state index contributed by atoms with van der Waals surface area (Å²) in [5.41, 5.74) is 12.6. The van der Waals surface area contributed by atoms with Crippen molar-refractivity contribution in [1.82, 2.24) is 4.57 Å². The molecular weight excluding hydrogens is 532 g/mol. The van der Waals surface area contributed by atoms with E-state index < -0.39 is 0 Å². The highest BCUT2D eigenvalue weighted by atomic mass is 15.2. The van der Waals surface area contributed by atoms with Crippen LogP contribution in [0, 0.1) is 0 Å². The minimum absolute atomic E-state index is 0.213. The highest BCUT2D eigenvalue weighted by Gasteiger charge is 2.39. The van der Waals surface area contributed by atoms with Crippen LogP contribution in [0.2, 0.25) is 0 Å². The molecule has 9 rings (SSSR count). The molecule has 7 aromatic rings. The van der Waals surface area contributed by atoms with E-state index in [-0.39, 0.29) is 12.0 Å². The number of fused-ring (bicyclic) bond motifs is 6. The van der Waals surface area contributed by atoms with Gasteiger partial charge in [0.2, 0.25) is 0 Å². The Morgan fingerprint density at radius 2 is 1.18 bits per heavy atom. The molecule has 2 nitrogen and oxygen atoms in total. The van der Waals surface area contributed by atoms with E-state index in [0.717, 1.165) is 0 Å². The molecule has 1 aliphatic heterocycles. The molecule has 2 heterocycles. The Morgan fingerprint density at radius 1 is 0.500 bits per heavy atom. The first-order valence-electron chi connectivity index (χ1n) is 15.4. The SMILES string of the molecule is C1=CC2C(C=C1c1ccc3c(c1)c1ccccc1n3-c1ccccc1)c1ccccc1N2c1ccccc1-c1ccccc1. The number of hydrogen-bond acceptors (Lipinski definition) is 1. The van der Waals surface area contributed by atoms with Crippen molar-refractivity contribution in [2.45, 2.75) is 12.0 Å². The van der Waals surface area contributed by atoms with E-state index in [0.29, 0.717) is 0 Å². The summed E-state index contributed by atoms with van der Waals surface area (Å²) in [7, 11) is 0. The van der Waals surface area contributed by atoms with Crippen molar-refractivity contribution in [3.05, 3.63) is 181 Å². The van der Waals surface area contributed by atoms with Crippen molar-refractivity contribution < 1.29 is 0 Å². The van der Waals surface area contributed by atoms with Gasteiger partial charge in [0, 0.05) is 39.3 Å². The van der Waals surface area contributed by atoms with E-state index in [9.17, 15) is 0 Å². The molecule has 0 radical (unpaired) electrons. The van der Waals surface area contributed by atoms with E-state index in [1.807, 2.05) is 0 Å². The Bertz CT molecular complexity index is 2240. The average molecular weight is 563 g/mol. The normalized spacial score (nSPS) is 17.1. The lowest BCUT2D eigenvalue weighted by molar-refractivity contribution is 0.747. The molecule has 0 bridgehead atoms. The van der Waals surface area contributed by atoms with Gasteiger partial charge in [0.25, 0.3) is 0 Å². The summed E-state index contributed by atoms with van der Waals surface area (Å²) >= 11 is 0. The standard InChI is InChI=1S/C42H30N2/c1-3-13-29(14-4-1)33-17-7-10-20-38(33)44-40-22-12-9-19-35(40)37-28-31(24-26-42(37)44)30-23-25-41-36(27-30)34-18-8-11-21-39(34)43(41)32-15-5-2-6-16-32/h1-28,37,42H. The van der Waals surface area contributed by atoms with Gasteiger partial charge in [-0.1, -0.05) is 127 Å². The molecular formula is C42H30N2. The zero-order chi connectivity index (χ0) is 29.0. The number of nitrogens with zero attached hydrogens (tertiary/aromatic N) is 2. The second-order valence-corrected chi connectivity index (χ2v) is 11.7. The zero-order valence-corrected chi connectivity index (χ0v) is 24.2. The Kier molecular flexibility index (Phi) is 5.67. The molecule has 2 atom stereocenters. The molecule has 1 aromatic heterocycles. The van der Waals surface area contributed by atoms with Crippen LogP contribution < -0.4 is 4.90 Å². The monoisotopic (exact) mass is 562 g/mol. The third kappa shape index (κ3) is 3.81. The van der Waals surface area contributed by atoms with E-state index in [1.54, 1.807) is 0 Å². The lowest BCUT2D eigenvalue weighted by atomic mass is 9.86. The summed E-state index contributed by atoms with van der Waals surface area (Å²) in [5, 5.41) is 2.56. The Balaban J connectivity index is 1.16. The third-order valence-electron chi connectivity index (χ3n) is 9.32. The molecule has 0 fully saturated rings. The summed E-state index contributed by atoms with van der Waals surface area (Å²) in [6.07, 6.45) is 7.24. The molecule has 2 heteroatoms. The number of hydrogen-bond donors (Lipinski definition) is 0. The van der Waals surface area contributed by atoms with Crippen LogP contribution in [-0.2, 0) is 0 Å². The molecule has 0 amide bonds. The second kappa shape index (κ2) is 10.00. The van der Waals surface area contributed by atoms with Crippen LogP contribution in [0.3, 0.4) is 0 Å². The van der Waals surface area contributed by atoms with E-state index in [2.05, 4.69) is 179 Å². The van der Waals surface area contributed by atoms with Crippen LogP contribution in [0.25, 0.3) is 44.2 Å². The summed E-state index contributed by atoms with van der Waals surface area (Å²) in [6.45, 7) is 0. The molecule has 2 unspecified atom stereocenters. The molecule has 208 valence electrons. The quantitative estimate of drug-likeness (QED) is 0.207. The molecule has 0 N–H and O–H groups in total. The third-order valence-corrected chi connectivity index (χ3v) is 9.32. The van der Waals surface area contributed by atoms with Gasteiger partial charge in [0.05, 0.1) is 17.1 Å². The minimum Gasteiger partial charge on any atom is -0.333 e. The molecule has 44 heavy (non-hydrogen) atoms. The molecule has 2 aliphatic rings. The molecule has 0 saturated heterocycles. The van der Waals surface area contributed by atoms with Gasteiger partial charge in [-0.25, -0.2) is 0 Å². The maximum absolute atomic E-state index is 2.54. The molecule has 1 aliphatic carbocycles. The van der Waals surface area contributed by atoms with Gasteiger partial charge in [0.15, 0.2) is 0 Å². The Hall–Kier alpha value is -5.60. The van der Waals surface area contributed by atoms with Crippen LogP contribution in [-0.4, -0.2) is 10.6 Å². The first kappa shape index (κ1) is 24.9. The van der Waals surface area contributed by atoms with Crippen LogP contribution in [0.4, 0.5) is 11.4 Å². The van der Waals surface area contributed by atoms with Gasteiger partial charge in [0.1, 0.15) is 0 Å². The van der Waals surface area contributed by atoms with Crippen LogP contribution in [0.1, 0.15) is 17.0 Å². The fourth-order valence-electron chi connectivity index (χ4n) is 7.38. The van der Waals surface area contributed by atoms with Crippen molar-refractivity contribution in [2.75, 3.05) is 4.90 Å². The number of allylic oxidation sites excluding steroid dienone is 2. The summed E-state index contributed by atoms with van der Waals surface area (Å²) in [6, 6.07) is 55.1. The lowest BCUT2D eigenvalue weighted by Gasteiger charge is -2.31. The van der Waals surface area contributed by atoms with Gasteiger partial charge >= 0.3 is 0 Å². The van der Waals surface area contributed by atoms with Gasteiger partial charge in [-0.3, -0.25) is 0 Å². The van der Waals surface area contributed by atoms with E-state index in [1.165, 1.54) is 66.7 Å². The van der Waals surface area contributed by atoms with Crippen molar-refractivity contribution in [3.8, 4) is 16.8 Å². The van der Waals surface area contributed by atoms with Crippen molar-refractivity contribution >= 4 is 38.8 Å². The van der Waals surface area contributed by atoms with Gasteiger partial charge < -0.3 is 9.47 Å². The fourth-order valence-corrected chi connectivity index (χ4v) is 7.38. The number of rotatable bonds is 4. The van der Waals surface area contributed by atoms with E-state index >= 15 is 0 Å². The number of para-hydroxylation sites is 4. The largest absolute Gasteiger partial charge is 0.333 e. The maximum Gasteiger partial charge on any atom is 0.0630 e. The summed E-state index contributed by atoms with van der Waals surface area (Å²) in [4.78, 5) is 2.54. The van der Waals surface area contributed by atoms with Gasteiger partial charge in [-0.2, -0.15) is 0 Å². The highest BCUT2D eigenvalue weighted by molar-refractivity contribution is 6.10. The molecule has 0 saturated carbocycles. The Morgan fingerprint density at radius 3 is 2.05 bits per heavy atom. The predicted octanol–water partition coefficient (Wildman–Crippen LogP) is 10.7. The number of anilines is 2. The summed E-state index contributed by atoms with van der Waals surface area (Å²) < 4.78 is 2.38. The topological polar surface area (TPSA) is 8.17 Å². The van der Waals surface area contributed by atoms with Crippen molar-refractivity contribution in [2.24, 2.45) is 0 Å². The molecule has 6 aromatic carbocycles. The lowest BCUT2D eigenvalue weighted by Crippen LogP contribution is -2.29. The smallest absolute Gasteiger partial charge is 0.0630 e. The zero-order valence-electron chi connectivity index (χ0n) is 24.2. The maximum atomic E-state index is 2.54. The highest BCUT2D eigenvalue weighted by Crippen LogP contribution is 2.51.